The van der Waals surface area contributed by atoms with Gasteiger partial charge in [-0.3, -0.25) is 23.9 Å². The highest BCUT2D eigenvalue weighted by Crippen LogP contribution is 2.37. The van der Waals surface area contributed by atoms with Gasteiger partial charge in [0.2, 0.25) is 5.78 Å². The number of anilines is 2. The predicted octanol–water partition coefficient (Wildman–Crippen LogP) is 9.99. The molecular formula is C48H63N5O13S3. The van der Waals surface area contributed by atoms with Crippen molar-refractivity contribution in [2.75, 3.05) is 30.5 Å². The van der Waals surface area contributed by atoms with Crippen molar-refractivity contribution >= 4 is 81.4 Å². The Kier molecular flexibility index (Phi) is 19.6. The lowest BCUT2D eigenvalue weighted by Gasteiger charge is -2.30. The smallest absolute Gasteiger partial charge is 0.296 e. The molecule has 376 valence electrons. The van der Waals surface area contributed by atoms with E-state index in [4.69, 9.17) is 4.74 Å². The van der Waals surface area contributed by atoms with Crippen molar-refractivity contribution < 1.29 is 58.7 Å². The Bertz CT molecular complexity index is 2880. The van der Waals surface area contributed by atoms with Gasteiger partial charge in [-0.05, 0) is 79.4 Å². The van der Waals surface area contributed by atoms with Crippen LogP contribution in [-0.4, -0.2) is 93.0 Å². The Labute approximate surface area is 404 Å². The zero-order valence-electron chi connectivity index (χ0n) is 39.3. The summed E-state index contributed by atoms with van der Waals surface area (Å²) >= 11 is 0. The number of methoxy groups -OCH3 is 1. The Morgan fingerprint density at radius 1 is 0.681 bits per heavy atom. The van der Waals surface area contributed by atoms with Gasteiger partial charge < -0.3 is 19.8 Å². The van der Waals surface area contributed by atoms with Crippen LogP contribution in [-0.2, 0) is 30.4 Å². The van der Waals surface area contributed by atoms with Crippen LogP contribution in [0.4, 0.5) is 22.7 Å². The number of unbranched alkanes of at least 4 members (excludes halogenated alkanes) is 10. The molecule has 0 saturated carbocycles. The van der Waals surface area contributed by atoms with Crippen molar-refractivity contribution in [2.24, 2.45) is 15.3 Å². The summed E-state index contributed by atoms with van der Waals surface area (Å²) in [5.41, 5.74) is 3.29. The van der Waals surface area contributed by atoms with Gasteiger partial charge in [-0.15, -0.1) is 0 Å². The van der Waals surface area contributed by atoms with E-state index in [1.54, 1.807) is 19.1 Å². The van der Waals surface area contributed by atoms with Crippen LogP contribution in [0.25, 0.3) is 16.8 Å². The number of hydrazone groups is 1. The molecular weight excluding hydrogens is 951 g/mol. The third-order valence-electron chi connectivity index (χ3n) is 11.8. The highest BCUT2D eigenvalue weighted by Gasteiger charge is 2.34. The van der Waals surface area contributed by atoms with Crippen LogP contribution in [0.5, 0.6) is 5.75 Å². The van der Waals surface area contributed by atoms with Gasteiger partial charge in [-0.1, -0.05) is 103 Å². The van der Waals surface area contributed by atoms with E-state index in [9.17, 15) is 53.9 Å². The first kappa shape index (κ1) is 54.8. The van der Waals surface area contributed by atoms with E-state index in [2.05, 4.69) is 34.6 Å². The number of hydrogen-bond acceptors (Lipinski definition) is 15. The van der Waals surface area contributed by atoms with Crippen LogP contribution in [0.1, 0.15) is 125 Å². The maximum atomic E-state index is 14.1. The Morgan fingerprint density at radius 2 is 1.28 bits per heavy atom. The van der Waals surface area contributed by atoms with Crippen LogP contribution in [0.15, 0.2) is 90.7 Å². The van der Waals surface area contributed by atoms with E-state index in [1.807, 2.05) is 4.90 Å². The van der Waals surface area contributed by atoms with E-state index >= 15 is 0 Å². The summed E-state index contributed by atoms with van der Waals surface area (Å²) in [6, 6.07) is 13.2. The number of azo groups is 1. The third-order valence-corrected chi connectivity index (χ3v) is 14.5. The lowest BCUT2D eigenvalue weighted by molar-refractivity contribution is 0.106. The van der Waals surface area contributed by atoms with E-state index in [0.717, 1.165) is 88.5 Å². The SMILES string of the molecule is CCCCCCCCC(O)CN(CC(O)CCCCCCCC)c1ccc2c(c1)C=C(S(=O)(=O)O)/C(=N/Nc1cc(C)c(/N=N/c3cc(S(=O)(=O)O)c4cccc(S(=O)(=O)O)c4c3)cc1OC)C2=O. The number of fused-ring (bicyclic) bond motifs is 2. The summed E-state index contributed by atoms with van der Waals surface area (Å²) in [7, 11) is -13.5. The second kappa shape index (κ2) is 24.6. The molecule has 2 unspecified atom stereocenters. The van der Waals surface area contributed by atoms with Crippen molar-refractivity contribution in [3.05, 3.63) is 82.3 Å². The molecule has 0 aromatic heterocycles. The number of nitrogens with zero attached hydrogens (tertiary/aromatic N) is 4. The predicted molar refractivity (Wildman–Crippen MR) is 267 cm³/mol. The molecule has 0 aliphatic heterocycles. The second-order valence-electron chi connectivity index (χ2n) is 17.3. The van der Waals surface area contributed by atoms with E-state index in [-0.39, 0.29) is 57.8 Å². The highest BCUT2D eigenvalue weighted by atomic mass is 32.2. The monoisotopic (exact) mass is 1010 g/mol. The number of carbonyl (C=O) groups is 1. The molecule has 6 N–H and O–H groups in total. The Balaban J connectivity index is 1.42. The molecule has 0 bridgehead atoms. The number of benzene rings is 4. The number of aliphatic hydroxyl groups excluding tert-OH is 2. The van der Waals surface area contributed by atoms with Gasteiger partial charge in [-0.25, -0.2) is 0 Å². The average Bonchev–Trinajstić information content (AvgIpc) is 3.28. The zero-order chi connectivity index (χ0) is 50.5. The molecule has 5 rings (SSSR count). The molecule has 1 aliphatic carbocycles. The maximum Gasteiger partial charge on any atom is 0.296 e. The molecule has 0 fully saturated rings. The van der Waals surface area contributed by atoms with E-state index in [1.165, 1.54) is 50.3 Å². The first-order valence-electron chi connectivity index (χ1n) is 23.1. The Hall–Kier alpha value is -5.13. The molecule has 18 nitrogen and oxygen atoms in total. The molecule has 4 aromatic carbocycles. The van der Waals surface area contributed by atoms with Gasteiger partial charge in [-0.2, -0.15) is 40.6 Å². The summed E-state index contributed by atoms with van der Waals surface area (Å²) in [5, 5.41) is 34.2. The summed E-state index contributed by atoms with van der Waals surface area (Å²) in [6.07, 6.45) is 13.6. The minimum Gasteiger partial charge on any atom is -0.494 e. The molecule has 1 aliphatic rings. The van der Waals surface area contributed by atoms with Gasteiger partial charge in [0.1, 0.15) is 20.4 Å². The minimum atomic E-state index is -5.05. The van der Waals surface area contributed by atoms with Gasteiger partial charge in [0, 0.05) is 41.2 Å². The number of allylic oxidation sites excluding steroid dienone is 1. The van der Waals surface area contributed by atoms with Gasteiger partial charge >= 0.3 is 0 Å². The van der Waals surface area contributed by atoms with E-state index < -0.39 is 68.8 Å². The number of Topliss-reactive ketones (excluding diaryl/α,β-unsaturated/α-hetero) is 1. The fraction of sp³-hybridized carbons (Fsp3) is 0.458. The average molecular weight is 1010 g/mol. The summed E-state index contributed by atoms with van der Waals surface area (Å²) in [6.45, 7) is 6.29. The topological polar surface area (TPSA) is 282 Å². The molecule has 0 saturated heterocycles. The second-order valence-corrected chi connectivity index (χ2v) is 21.4. The number of nitrogens with one attached hydrogen (secondary N) is 1. The largest absolute Gasteiger partial charge is 0.494 e. The van der Waals surface area contributed by atoms with Crippen molar-refractivity contribution in [3.63, 3.8) is 0 Å². The number of hydrogen-bond donors (Lipinski definition) is 6. The molecule has 2 atom stereocenters. The van der Waals surface area contributed by atoms with Crippen molar-refractivity contribution in [1.29, 1.82) is 0 Å². The van der Waals surface area contributed by atoms with Gasteiger partial charge in [0.25, 0.3) is 30.4 Å². The fourth-order valence-electron chi connectivity index (χ4n) is 8.20. The van der Waals surface area contributed by atoms with Crippen LogP contribution >= 0.6 is 0 Å². The molecule has 0 radical (unpaired) electrons. The molecule has 69 heavy (non-hydrogen) atoms. The highest BCUT2D eigenvalue weighted by molar-refractivity contribution is 7.91. The molecule has 0 spiro atoms. The van der Waals surface area contributed by atoms with Crippen LogP contribution in [0, 0.1) is 6.92 Å². The first-order chi connectivity index (χ1) is 32.7. The number of rotatable bonds is 27. The summed E-state index contributed by atoms with van der Waals surface area (Å²) in [5.74, 6) is -0.761. The molecule has 0 amide bonds. The third kappa shape index (κ3) is 15.2. The lowest BCUT2D eigenvalue weighted by Crippen LogP contribution is -2.38. The van der Waals surface area contributed by atoms with Crippen LogP contribution < -0.4 is 15.1 Å². The standard InChI is InChI=1S/C48H63N5O13S3/c1-5-7-9-11-13-15-18-36(54)30-53(31-37(55)19-16-14-12-10-8-6-2)35-22-23-38-33(25-35)26-46(69(63,64)65)47(48(38)56)52-51-42-24-32(3)41(29-43(42)66-4)50-49-34-27-40-39(45(28-34)68(60,61)62)20-17-21-44(40)67(57,58)59/h17,20-29,36-37,51,54-55H,5-16,18-19,30-31H2,1-4H3,(H,57,58,59)(H,60,61,62)(H,63,64,65)/b50-49+,52-47-. The van der Waals surface area contributed by atoms with Gasteiger partial charge in [0.05, 0.1) is 36.4 Å². The molecule has 21 heteroatoms. The fourth-order valence-corrected chi connectivity index (χ4v) is 10.3. The lowest BCUT2D eigenvalue weighted by atomic mass is 9.93. The first-order valence-corrected chi connectivity index (χ1v) is 27.4. The summed E-state index contributed by atoms with van der Waals surface area (Å²) in [4.78, 5) is 13.8. The van der Waals surface area contributed by atoms with Crippen molar-refractivity contribution in [1.82, 2.24) is 0 Å². The Morgan fingerprint density at radius 3 is 1.84 bits per heavy atom. The van der Waals surface area contributed by atoms with Gasteiger partial charge in [0.15, 0.2) is 5.71 Å². The van der Waals surface area contributed by atoms with E-state index in [0.29, 0.717) is 24.1 Å². The van der Waals surface area contributed by atoms with Crippen LogP contribution in [0.3, 0.4) is 0 Å². The quantitative estimate of drug-likeness (QED) is 0.0140. The van der Waals surface area contributed by atoms with Crippen molar-refractivity contribution in [3.8, 4) is 5.75 Å². The van der Waals surface area contributed by atoms with Crippen molar-refractivity contribution in [2.45, 2.75) is 133 Å². The number of aliphatic hydroxyl groups is 2. The number of ketones is 1. The number of aryl methyl sites for hydroxylation is 1. The zero-order valence-corrected chi connectivity index (χ0v) is 41.8. The summed E-state index contributed by atoms with van der Waals surface area (Å²) < 4.78 is 110. The number of carbonyl (C=O) groups excluding carboxylic acids is 1. The normalized spacial score (nSPS) is 14.8. The molecule has 0 heterocycles. The maximum absolute atomic E-state index is 14.1. The van der Waals surface area contributed by atoms with Crippen LogP contribution in [0.2, 0.25) is 0 Å². The number of ether oxygens (including phenoxy) is 1. The molecule has 4 aromatic rings. The minimum absolute atomic E-state index is 0.0628.